The number of rotatable bonds is 0. The Hall–Kier alpha value is -0.380. The van der Waals surface area contributed by atoms with Crippen LogP contribution in [0.2, 0.25) is 0 Å². The van der Waals surface area contributed by atoms with Crippen molar-refractivity contribution in [3.8, 4) is 0 Å². The molecule has 44 valence electrons. The van der Waals surface area contributed by atoms with Gasteiger partial charge in [-0.1, -0.05) is 0 Å². The summed E-state index contributed by atoms with van der Waals surface area (Å²) in [6.07, 6.45) is 1.27. The summed E-state index contributed by atoms with van der Waals surface area (Å²) in [5.74, 6) is -0.00630. The number of nitrogens with zero attached hydrogens (tertiary/aromatic N) is 1. The summed E-state index contributed by atoms with van der Waals surface area (Å²) in [6, 6.07) is 0. The largest absolute Gasteiger partial charge is 0.273 e. The van der Waals surface area contributed by atoms with Crippen LogP contribution in [0.1, 0.15) is 12.8 Å². The smallest absolute Gasteiger partial charge is 0.240 e. The van der Waals surface area contributed by atoms with Crippen LogP contribution in [0.25, 0.3) is 0 Å². The molecule has 1 N–H and O–H groups in total. The van der Waals surface area contributed by atoms with Crippen molar-refractivity contribution >= 4 is 26.5 Å². The number of nitrogens with one attached hydrogen (secondary N) is 1. The molecule has 0 fully saturated rings. The van der Waals surface area contributed by atoms with Crippen molar-refractivity contribution < 1.29 is 4.79 Å². The van der Waals surface area contributed by atoms with Gasteiger partial charge in [0.25, 0.3) is 0 Å². The quantitative estimate of drug-likeness (QED) is 0.578. The first-order valence-electron chi connectivity index (χ1n) is 2.30. The Morgan fingerprint density at radius 1 is 1.62 bits per heavy atom. The molecule has 0 bridgehead atoms. The molecule has 0 saturated carbocycles. The monoisotopic (exact) mass is 176 g/mol. The molecule has 1 heterocycles. The molecule has 1 aliphatic heterocycles. The zero-order valence-electron chi connectivity index (χ0n) is 4.15. The molecule has 0 radical (unpaired) electrons. The van der Waals surface area contributed by atoms with Crippen LogP contribution in [-0.2, 0) is 4.79 Å². The first-order valence-corrected chi connectivity index (χ1v) is 3.09. The van der Waals surface area contributed by atoms with Gasteiger partial charge in [0.1, 0.15) is 4.62 Å². The Labute approximate surface area is 55.3 Å². The Bertz CT molecular complexity index is 143. The molecule has 1 rings (SSSR count). The molecule has 0 saturated heterocycles. The van der Waals surface area contributed by atoms with Gasteiger partial charge >= 0.3 is 0 Å². The predicted molar refractivity (Wildman–Crippen MR) is 33.7 cm³/mol. The Kier molecular flexibility index (Phi) is 1.62. The lowest BCUT2D eigenvalue weighted by Crippen LogP contribution is -2.22. The molecule has 3 nitrogen and oxygen atoms in total. The summed E-state index contributed by atoms with van der Waals surface area (Å²) >= 11 is 3.15. The fourth-order valence-electron chi connectivity index (χ4n) is 0.451. The predicted octanol–water partition coefficient (Wildman–Crippen LogP) is 0.605. The highest BCUT2D eigenvalue weighted by molar-refractivity contribution is 9.18. The summed E-state index contributed by atoms with van der Waals surface area (Å²) in [6.45, 7) is 0. The lowest BCUT2D eigenvalue weighted by molar-refractivity contribution is -0.121. The minimum atomic E-state index is -0.00630. The SMILES string of the molecule is O=C1CCC(Br)=NN1. The number of amides is 1. The third kappa shape index (κ3) is 1.30. The van der Waals surface area contributed by atoms with Crippen molar-refractivity contribution in [2.24, 2.45) is 5.10 Å². The van der Waals surface area contributed by atoms with E-state index in [1.54, 1.807) is 0 Å². The Balaban J connectivity index is 2.55. The molecule has 0 atom stereocenters. The van der Waals surface area contributed by atoms with Crippen molar-refractivity contribution in [3.05, 3.63) is 0 Å². The molecule has 0 aliphatic carbocycles. The molecule has 0 aromatic heterocycles. The van der Waals surface area contributed by atoms with Crippen LogP contribution in [0.3, 0.4) is 0 Å². The minimum Gasteiger partial charge on any atom is -0.273 e. The first kappa shape index (κ1) is 5.75. The number of carbonyl (C=O) groups is 1. The van der Waals surface area contributed by atoms with Gasteiger partial charge in [-0.3, -0.25) is 4.79 Å². The Morgan fingerprint density at radius 2 is 2.38 bits per heavy atom. The highest BCUT2D eigenvalue weighted by Gasteiger charge is 2.07. The van der Waals surface area contributed by atoms with E-state index < -0.39 is 0 Å². The van der Waals surface area contributed by atoms with Crippen LogP contribution >= 0.6 is 15.9 Å². The standard InChI is InChI=1S/C4H5BrN2O/c5-3-1-2-4(8)7-6-3/h1-2H2,(H,7,8). The van der Waals surface area contributed by atoms with Crippen molar-refractivity contribution in [3.63, 3.8) is 0 Å². The van der Waals surface area contributed by atoms with E-state index in [1.807, 2.05) is 0 Å². The summed E-state index contributed by atoms with van der Waals surface area (Å²) in [5.41, 5.74) is 2.33. The summed E-state index contributed by atoms with van der Waals surface area (Å²) in [7, 11) is 0. The van der Waals surface area contributed by atoms with Crippen LogP contribution in [0.15, 0.2) is 5.10 Å². The first-order chi connectivity index (χ1) is 3.79. The van der Waals surface area contributed by atoms with Gasteiger partial charge in [0.05, 0.1) is 0 Å². The van der Waals surface area contributed by atoms with Gasteiger partial charge in [-0.15, -0.1) is 0 Å². The van der Waals surface area contributed by atoms with Crippen LogP contribution in [0.5, 0.6) is 0 Å². The lowest BCUT2D eigenvalue weighted by Gasteiger charge is -2.04. The summed E-state index contributed by atoms with van der Waals surface area (Å²) < 4.78 is 0.817. The Morgan fingerprint density at radius 3 is 2.75 bits per heavy atom. The fourth-order valence-corrected chi connectivity index (χ4v) is 0.738. The second-order valence-electron chi connectivity index (χ2n) is 1.52. The average molecular weight is 177 g/mol. The third-order valence-electron chi connectivity index (χ3n) is 0.860. The maximum Gasteiger partial charge on any atom is 0.240 e. The summed E-state index contributed by atoms with van der Waals surface area (Å²) in [5, 5.41) is 3.64. The normalized spacial score (nSPS) is 19.6. The number of hydrazone groups is 1. The lowest BCUT2D eigenvalue weighted by atomic mass is 10.3. The zero-order chi connectivity index (χ0) is 5.98. The highest BCUT2D eigenvalue weighted by atomic mass is 79.9. The topological polar surface area (TPSA) is 41.5 Å². The average Bonchev–Trinajstić information content (AvgIpc) is 1.77. The maximum atomic E-state index is 10.4. The second-order valence-corrected chi connectivity index (χ2v) is 2.44. The summed E-state index contributed by atoms with van der Waals surface area (Å²) in [4.78, 5) is 10.4. The molecule has 1 amide bonds. The van der Waals surface area contributed by atoms with E-state index in [1.165, 1.54) is 0 Å². The van der Waals surface area contributed by atoms with E-state index in [2.05, 4.69) is 26.5 Å². The number of halogens is 1. The van der Waals surface area contributed by atoms with Crippen molar-refractivity contribution in [1.82, 2.24) is 5.43 Å². The van der Waals surface area contributed by atoms with Gasteiger partial charge in [0.15, 0.2) is 0 Å². The number of carbonyl (C=O) groups excluding carboxylic acids is 1. The second kappa shape index (κ2) is 2.26. The molecular formula is C4H5BrN2O. The van der Waals surface area contributed by atoms with Crippen molar-refractivity contribution in [2.75, 3.05) is 0 Å². The van der Waals surface area contributed by atoms with Gasteiger partial charge < -0.3 is 0 Å². The van der Waals surface area contributed by atoms with E-state index in [-0.39, 0.29) is 5.91 Å². The molecular weight excluding hydrogens is 172 g/mol. The van der Waals surface area contributed by atoms with Gasteiger partial charge in [-0.2, -0.15) is 5.10 Å². The van der Waals surface area contributed by atoms with Gasteiger partial charge in [0.2, 0.25) is 5.91 Å². The number of hydrogen-bond donors (Lipinski definition) is 1. The van der Waals surface area contributed by atoms with E-state index >= 15 is 0 Å². The molecule has 4 heteroatoms. The van der Waals surface area contributed by atoms with E-state index in [0.29, 0.717) is 6.42 Å². The van der Waals surface area contributed by atoms with Crippen LogP contribution in [0.4, 0.5) is 0 Å². The van der Waals surface area contributed by atoms with Gasteiger partial charge in [-0.25, -0.2) is 5.43 Å². The zero-order valence-corrected chi connectivity index (χ0v) is 5.73. The van der Waals surface area contributed by atoms with E-state index in [0.717, 1.165) is 11.0 Å². The molecule has 0 unspecified atom stereocenters. The molecule has 0 spiro atoms. The maximum absolute atomic E-state index is 10.4. The van der Waals surface area contributed by atoms with Crippen molar-refractivity contribution in [2.45, 2.75) is 12.8 Å². The van der Waals surface area contributed by atoms with Crippen molar-refractivity contribution in [1.29, 1.82) is 0 Å². The molecule has 0 aromatic carbocycles. The minimum absolute atomic E-state index is 0.00630. The van der Waals surface area contributed by atoms with Gasteiger partial charge in [-0.05, 0) is 15.9 Å². The third-order valence-corrected chi connectivity index (χ3v) is 1.43. The fraction of sp³-hybridized carbons (Fsp3) is 0.500. The molecule has 1 aliphatic rings. The van der Waals surface area contributed by atoms with Crippen LogP contribution < -0.4 is 5.43 Å². The molecule has 0 aromatic rings. The molecule has 8 heavy (non-hydrogen) atoms. The van der Waals surface area contributed by atoms with Crippen LogP contribution in [0, 0.1) is 0 Å². The highest BCUT2D eigenvalue weighted by Crippen LogP contribution is 2.03. The van der Waals surface area contributed by atoms with Crippen LogP contribution in [-0.4, -0.2) is 10.5 Å². The van der Waals surface area contributed by atoms with Gasteiger partial charge in [0, 0.05) is 12.8 Å². The van der Waals surface area contributed by atoms with E-state index in [4.69, 9.17) is 0 Å². The number of hydrogen-bond acceptors (Lipinski definition) is 2. The van der Waals surface area contributed by atoms with E-state index in [9.17, 15) is 4.79 Å².